The van der Waals surface area contributed by atoms with Crippen LogP contribution in [0.4, 0.5) is 5.69 Å². The predicted octanol–water partition coefficient (Wildman–Crippen LogP) is 5.57. The summed E-state index contributed by atoms with van der Waals surface area (Å²) in [5.41, 5.74) is 3.09. The van der Waals surface area contributed by atoms with E-state index in [1.165, 1.54) is 30.2 Å². The Morgan fingerprint density at radius 3 is 2.52 bits per heavy atom. The van der Waals surface area contributed by atoms with Crippen LogP contribution in [0.2, 0.25) is 5.02 Å². The van der Waals surface area contributed by atoms with Crippen LogP contribution in [0, 0.1) is 0 Å². The van der Waals surface area contributed by atoms with Crippen molar-refractivity contribution in [3.63, 3.8) is 0 Å². The highest BCUT2D eigenvalue weighted by atomic mass is 35.5. The van der Waals surface area contributed by atoms with Gasteiger partial charge >= 0.3 is 0 Å². The number of nitrogens with zero attached hydrogens (tertiary/aromatic N) is 1. The van der Waals surface area contributed by atoms with Gasteiger partial charge in [0.05, 0.1) is 10.6 Å². The van der Waals surface area contributed by atoms with Gasteiger partial charge in [0.15, 0.2) is 5.17 Å². The minimum atomic E-state index is -0.127. The molecule has 1 aliphatic heterocycles. The van der Waals surface area contributed by atoms with Crippen LogP contribution in [0.1, 0.15) is 30.9 Å². The monoisotopic (exact) mass is 370 g/mol. The number of rotatable bonds is 5. The molecule has 0 aromatic heterocycles. The molecule has 1 saturated heterocycles. The maximum Gasteiger partial charge on any atom is 0.264 e. The van der Waals surface area contributed by atoms with E-state index in [4.69, 9.17) is 11.6 Å². The van der Waals surface area contributed by atoms with Crippen molar-refractivity contribution < 1.29 is 4.79 Å². The Morgan fingerprint density at radius 2 is 1.84 bits per heavy atom. The third-order valence-corrected chi connectivity index (χ3v) is 4.97. The molecule has 1 amide bonds. The molecule has 0 spiro atoms. The van der Waals surface area contributed by atoms with Gasteiger partial charge in [-0.15, -0.1) is 0 Å². The van der Waals surface area contributed by atoms with Crippen molar-refractivity contribution in [3.05, 3.63) is 69.6 Å². The molecular formula is C20H19ClN2OS. The fourth-order valence-corrected chi connectivity index (χ4v) is 3.39. The topological polar surface area (TPSA) is 41.5 Å². The molecule has 3 nitrogen and oxygen atoms in total. The van der Waals surface area contributed by atoms with Crippen molar-refractivity contribution in [2.24, 2.45) is 4.99 Å². The molecule has 3 rings (SSSR count). The van der Waals surface area contributed by atoms with E-state index < -0.39 is 0 Å². The summed E-state index contributed by atoms with van der Waals surface area (Å²) in [4.78, 5) is 17.3. The minimum absolute atomic E-state index is 0.127. The van der Waals surface area contributed by atoms with Crippen LogP contribution in [0.15, 0.2) is 58.4 Å². The smallest absolute Gasteiger partial charge is 0.264 e. The molecule has 1 aliphatic rings. The summed E-state index contributed by atoms with van der Waals surface area (Å²) >= 11 is 7.23. The highest BCUT2D eigenvalue weighted by Crippen LogP contribution is 2.28. The number of thioether (sulfide) groups is 1. The number of nitrogens with one attached hydrogen (secondary N) is 1. The molecule has 128 valence electrons. The molecule has 1 N–H and O–H groups in total. The van der Waals surface area contributed by atoms with Crippen molar-refractivity contribution in [2.45, 2.75) is 26.2 Å². The summed E-state index contributed by atoms with van der Waals surface area (Å²) in [6, 6.07) is 15.6. The lowest BCUT2D eigenvalue weighted by Gasteiger charge is -2.01. The quantitative estimate of drug-likeness (QED) is 0.698. The van der Waals surface area contributed by atoms with Gasteiger partial charge in [-0.2, -0.15) is 0 Å². The van der Waals surface area contributed by atoms with Gasteiger partial charge in [0.1, 0.15) is 0 Å². The number of unbranched alkanes of at least 4 members (excludes halogenated alkanes) is 1. The zero-order valence-corrected chi connectivity index (χ0v) is 15.5. The van der Waals surface area contributed by atoms with Crippen molar-refractivity contribution in [2.75, 3.05) is 0 Å². The number of carbonyl (C=O) groups excluding carboxylic acids is 1. The number of aryl methyl sites for hydroxylation is 1. The fourth-order valence-electron chi connectivity index (χ4n) is 2.43. The van der Waals surface area contributed by atoms with Gasteiger partial charge in [-0.3, -0.25) is 4.79 Å². The molecule has 0 unspecified atom stereocenters. The second kappa shape index (κ2) is 8.37. The lowest BCUT2D eigenvalue weighted by molar-refractivity contribution is -0.115. The van der Waals surface area contributed by atoms with Crippen LogP contribution in [-0.2, 0) is 11.2 Å². The summed E-state index contributed by atoms with van der Waals surface area (Å²) in [5, 5.41) is 4.09. The Kier molecular flexibility index (Phi) is 5.95. The second-order valence-electron chi connectivity index (χ2n) is 5.80. The average molecular weight is 371 g/mol. The lowest BCUT2D eigenvalue weighted by atomic mass is 10.1. The average Bonchev–Trinajstić information content (AvgIpc) is 2.95. The zero-order valence-electron chi connectivity index (χ0n) is 14.0. The molecule has 0 atom stereocenters. The van der Waals surface area contributed by atoms with Crippen LogP contribution in [0.5, 0.6) is 0 Å². The number of amidine groups is 1. The van der Waals surface area contributed by atoms with E-state index in [0.29, 0.717) is 15.1 Å². The van der Waals surface area contributed by atoms with Crippen LogP contribution in [0.25, 0.3) is 6.08 Å². The fraction of sp³-hybridized carbons (Fsp3) is 0.200. The molecule has 25 heavy (non-hydrogen) atoms. The van der Waals surface area contributed by atoms with Crippen molar-refractivity contribution in [1.29, 1.82) is 0 Å². The lowest BCUT2D eigenvalue weighted by Crippen LogP contribution is -2.19. The van der Waals surface area contributed by atoms with E-state index in [2.05, 4.69) is 29.4 Å². The molecule has 1 heterocycles. The Balaban J connectivity index is 1.71. The highest BCUT2D eigenvalue weighted by molar-refractivity contribution is 8.18. The molecule has 0 saturated carbocycles. The van der Waals surface area contributed by atoms with E-state index in [0.717, 1.165) is 17.7 Å². The van der Waals surface area contributed by atoms with Gasteiger partial charge in [0.2, 0.25) is 0 Å². The molecule has 0 aliphatic carbocycles. The first kappa shape index (κ1) is 17.8. The number of hydrogen-bond acceptors (Lipinski definition) is 3. The molecule has 0 radical (unpaired) electrons. The van der Waals surface area contributed by atoms with E-state index in [9.17, 15) is 4.79 Å². The maximum atomic E-state index is 12.1. The van der Waals surface area contributed by atoms with E-state index in [1.807, 2.05) is 30.3 Å². The number of aliphatic imine (C=N–C) groups is 1. The third-order valence-electron chi connectivity index (χ3n) is 3.80. The van der Waals surface area contributed by atoms with Gasteiger partial charge in [0.25, 0.3) is 5.91 Å². The van der Waals surface area contributed by atoms with Crippen LogP contribution >= 0.6 is 23.4 Å². The van der Waals surface area contributed by atoms with Crippen LogP contribution < -0.4 is 5.32 Å². The Bertz CT molecular complexity index is 811. The zero-order chi connectivity index (χ0) is 17.6. The SMILES string of the molecule is CCCCc1ccc(N=C2NC(=O)C(=Cc3ccc(Cl)cc3)S2)cc1. The Labute approximate surface area is 157 Å². The summed E-state index contributed by atoms with van der Waals surface area (Å²) in [6.45, 7) is 2.19. The summed E-state index contributed by atoms with van der Waals surface area (Å²) < 4.78 is 0. The first-order chi connectivity index (χ1) is 12.1. The maximum absolute atomic E-state index is 12.1. The van der Waals surface area contributed by atoms with E-state index in [1.54, 1.807) is 12.1 Å². The Hall–Kier alpha value is -2.04. The Morgan fingerprint density at radius 1 is 1.12 bits per heavy atom. The number of hydrogen-bond donors (Lipinski definition) is 1. The molecule has 2 aromatic carbocycles. The van der Waals surface area contributed by atoms with Gasteiger partial charge in [-0.1, -0.05) is 49.2 Å². The summed E-state index contributed by atoms with van der Waals surface area (Å²) in [5.74, 6) is -0.127. The first-order valence-corrected chi connectivity index (χ1v) is 9.47. The van der Waals surface area contributed by atoms with Gasteiger partial charge in [0, 0.05) is 5.02 Å². The number of halogens is 1. The van der Waals surface area contributed by atoms with Crippen molar-refractivity contribution >= 4 is 46.2 Å². The molecular weight excluding hydrogens is 352 g/mol. The minimum Gasteiger partial charge on any atom is -0.300 e. The highest BCUT2D eigenvalue weighted by Gasteiger charge is 2.23. The predicted molar refractivity (Wildman–Crippen MR) is 107 cm³/mol. The standard InChI is InChI=1S/C20H19ClN2OS/c1-2-3-4-14-7-11-17(12-8-14)22-20-23-19(24)18(25-20)13-15-5-9-16(21)10-6-15/h5-13H,2-4H2,1H3,(H,22,23,24). The molecule has 0 bridgehead atoms. The summed E-state index contributed by atoms with van der Waals surface area (Å²) in [6.07, 6.45) is 5.31. The van der Waals surface area contributed by atoms with Gasteiger partial charge < -0.3 is 5.32 Å². The number of carbonyl (C=O) groups is 1. The number of amides is 1. The van der Waals surface area contributed by atoms with Gasteiger partial charge in [-0.05, 0) is 66.1 Å². The van der Waals surface area contributed by atoms with Crippen LogP contribution in [0.3, 0.4) is 0 Å². The molecule has 5 heteroatoms. The van der Waals surface area contributed by atoms with E-state index >= 15 is 0 Å². The third kappa shape index (κ3) is 4.97. The number of benzene rings is 2. The van der Waals surface area contributed by atoms with Crippen molar-refractivity contribution in [1.82, 2.24) is 5.32 Å². The van der Waals surface area contributed by atoms with Crippen LogP contribution in [-0.4, -0.2) is 11.1 Å². The first-order valence-electron chi connectivity index (χ1n) is 8.28. The van der Waals surface area contributed by atoms with Gasteiger partial charge in [-0.25, -0.2) is 4.99 Å². The summed E-state index contributed by atoms with van der Waals surface area (Å²) in [7, 11) is 0. The molecule has 1 fully saturated rings. The second-order valence-corrected chi connectivity index (χ2v) is 7.27. The molecule has 2 aromatic rings. The largest absolute Gasteiger partial charge is 0.300 e. The van der Waals surface area contributed by atoms with E-state index in [-0.39, 0.29) is 5.91 Å². The normalized spacial score (nSPS) is 17.3. The van der Waals surface area contributed by atoms with Crippen molar-refractivity contribution in [3.8, 4) is 0 Å².